The highest BCUT2D eigenvalue weighted by atomic mass is 16.1. The lowest BCUT2D eigenvalue weighted by atomic mass is 9.83. The summed E-state index contributed by atoms with van der Waals surface area (Å²) in [6, 6.07) is 7.15. The van der Waals surface area contributed by atoms with E-state index < -0.39 is 0 Å². The van der Waals surface area contributed by atoms with Crippen LogP contribution in [0.25, 0.3) is 0 Å². The van der Waals surface area contributed by atoms with Crippen molar-refractivity contribution in [1.29, 1.82) is 0 Å². The zero-order valence-electron chi connectivity index (χ0n) is 21.8. The normalized spacial score (nSPS) is 16.0. The van der Waals surface area contributed by atoms with Crippen LogP contribution in [0.5, 0.6) is 0 Å². The van der Waals surface area contributed by atoms with Crippen molar-refractivity contribution in [3.8, 4) is 0 Å². The van der Waals surface area contributed by atoms with Crippen LogP contribution in [0.4, 0.5) is 0 Å². The molecule has 0 fully saturated rings. The number of Topliss-reactive ketones (excluding diaryl/α,β-unsaturated/α-hetero) is 2. The van der Waals surface area contributed by atoms with E-state index in [0.717, 1.165) is 24.7 Å². The number of fused-ring (bicyclic) bond motifs is 1. The molecule has 1 unspecified atom stereocenters. The Hall–Kier alpha value is -2.22. The topological polar surface area (TPSA) is 34.1 Å². The Balaban J connectivity index is 1.77. The second-order valence-corrected chi connectivity index (χ2v) is 10.5. The van der Waals surface area contributed by atoms with Crippen molar-refractivity contribution >= 4 is 11.6 Å². The third kappa shape index (κ3) is 8.57. The molecule has 0 saturated heterocycles. The quantitative estimate of drug-likeness (QED) is 0.282. The second kappa shape index (κ2) is 13.5. The maximum absolute atomic E-state index is 12.9. The molecule has 1 aliphatic carbocycles. The van der Waals surface area contributed by atoms with E-state index in [1.165, 1.54) is 49.7 Å². The van der Waals surface area contributed by atoms with Crippen molar-refractivity contribution < 1.29 is 9.59 Å². The number of benzene rings is 1. The molecule has 180 valence electrons. The fourth-order valence-corrected chi connectivity index (χ4v) is 4.57. The first-order valence-electron chi connectivity index (χ1n) is 12.9. The molecule has 1 aromatic carbocycles. The molecular formula is C31H44O2. The van der Waals surface area contributed by atoms with Crippen molar-refractivity contribution in [3.05, 3.63) is 69.8 Å². The van der Waals surface area contributed by atoms with Gasteiger partial charge < -0.3 is 0 Å². The Bertz CT molecular complexity index is 911. The van der Waals surface area contributed by atoms with E-state index in [9.17, 15) is 9.59 Å². The van der Waals surface area contributed by atoms with E-state index in [4.69, 9.17) is 0 Å². The molecule has 0 aromatic heterocycles. The van der Waals surface area contributed by atoms with Gasteiger partial charge in [0, 0.05) is 22.3 Å². The number of hydrogen-bond acceptors (Lipinski definition) is 2. The van der Waals surface area contributed by atoms with Gasteiger partial charge in [0.15, 0.2) is 11.6 Å². The Morgan fingerprint density at radius 1 is 0.818 bits per heavy atom. The lowest BCUT2D eigenvalue weighted by Gasteiger charge is -2.18. The van der Waals surface area contributed by atoms with Gasteiger partial charge in [-0.3, -0.25) is 9.59 Å². The summed E-state index contributed by atoms with van der Waals surface area (Å²) in [6.07, 6.45) is 14.9. The molecule has 0 bridgehead atoms. The minimum absolute atomic E-state index is 0.000856. The van der Waals surface area contributed by atoms with Crippen LogP contribution in [0.3, 0.4) is 0 Å². The zero-order chi connectivity index (χ0) is 24.4. The highest BCUT2D eigenvalue weighted by molar-refractivity contribution is 6.26. The van der Waals surface area contributed by atoms with Crippen LogP contribution in [0.15, 0.2) is 58.7 Å². The van der Waals surface area contributed by atoms with E-state index in [-0.39, 0.29) is 11.6 Å². The smallest absolute Gasteiger partial charge is 0.190 e. The van der Waals surface area contributed by atoms with E-state index in [0.29, 0.717) is 28.7 Å². The van der Waals surface area contributed by atoms with E-state index in [2.05, 4.69) is 46.8 Å². The highest BCUT2D eigenvalue weighted by Gasteiger charge is 2.28. The summed E-state index contributed by atoms with van der Waals surface area (Å²) in [7, 11) is 0. The number of ketones is 2. The summed E-state index contributed by atoms with van der Waals surface area (Å²) < 4.78 is 0. The predicted molar refractivity (Wildman–Crippen MR) is 141 cm³/mol. The maximum Gasteiger partial charge on any atom is 0.190 e. The lowest BCUT2D eigenvalue weighted by molar-refractivity contribution is 0.0973. The second-order valence-electron chi connectivity index (χ2n) is 10.5. The molecule has 0 amide bonds. The maximum atomic E-state index is 12.9. The van der Waals surface area contributed by atoms with Gasteiger partial charge in [-0.1, -0.05) is 94.0 Å². The fraction of sp³-hybridized carbons (Fsp3) is 0.548. The van der Waals surface area contributed by atoms with E-state index in [1.807, 2.05) is 12.1 Å². The first-order valence-corrected chi connectivity index (χ1v) is 12.9. The number of hydrogen-bond donors (Lipinski definition) is 0. The van der Waals surface area contributed by atoms with Crippen molar-refractivity contribution in [2.24, 2.45) is 11.8 Å². The molecule has 0 radical (unpaired) electrons. The predicted octanol–water partition coefficient (Wildman–Crippen LogP) is 9.08. The monoisotopic (exact) mass is 448 g/mol. The van der Waals surface area contributed by atoms with Crippen molar-refractivity contribution in [2.75, 3.05) is 0 Å². The van der Waals surface area contributed by atoms with Gasteiger partial charge >= 0.3 is 0 Å². The molecule has 33 heavy (non-hydrogen) atoms. The van der Waals surface area contributed by atoms with Gasteiger partial charge in [-0.05, 0) is 64.7 Å². The van der Waals surface area contributed by atoms with Gasteiger partial charge in [0.2, 0.25) is 0 Å². The number of carbonyl (C=O) groups is 2. The Labute approximate surface area is 202 Å². The van der Waals surface area contributed by atoms with Crippen LogP contribution in [0.2, 0.25) is 0 Å². The molecule has 0 N–H and O–H groups in total. The minimum Gasteiger partial charge on any atom is -0.289 e. The number of rotatable bonds is 13. The molecule has 1 aliphatic rings. The average molecular weight is 449 g/mol. The van der Waals surface area contributed by atoms with Crippen LogP contribution in [0.1, 0.15) is 120 Å². The molecule has 2 nitrogen and oxygen atoms in total. The van der Waals surface area contributed by atoms with Gasteiger partial charge in [-0.2, -0.15) is 0 Å². The molecule has 0 aliphatic heterocycles. The molecule has 0 heterocycles. The summed E-state index contributed by atoms with van der Waals surface area (Å²) >= 11 is 0. The van der Waals surface area contributed by atoms with E-state index >= 15 is 0 Å². The molecule has 2 heteroatoms. The summed E-state index contributed by atoms with van der Waals surface area (Å²) in [4.78, 5) is 25.5. The first-order chi connectivity index (χ1) is 15.7. The summed E-state index contributed by atoms with van der Waals surface area (Å²) in [6.45, 7) is 13.2. The Morgan fingerprint density at radius 2 is 1.42 bits per heavy atom. The van der Waals surface area contributed by atoms with Gasteiger partial charge in [0.25, 0.3) is 0 Å². The lowest BCUT2D eigenvalue weighted by Crippen LogP contribution is -2.20. The van der Waals surface area contributed by atoms with Crippen LogP contribution in [-0.4, -0.2) is 11.6 Å². The molecule has 1 aromatic rings. The summed E-state index contributed by atoms with van der Waals surface area (Å²) in [5.74, 6) is 1.64. The van der Waals surface area contributed by atoms with Crippen LogP contribution >= 0.6 is 0 Å². The third-order valence-electron chi connectivity index (χ3n) is 6.92. The molecule has 1 atom stereocenters. The fourth-order valence-electron chi connectivity index (χ4n) is 4.57. The average Bonchev–Trinajstić information content (AvgIpc) is 2.77. The van der Waals surface area contributed by atoms with E-state index in [1.54, 1.807) is 19.1 Å². The molecular weight excluding hydrogens is 404 g/mol. The first kappa shape index (κ1) is 27.0. The Kier molecular flexibility index (Phi) is 11.0. The number of carbonyl (C=O) groups excluding carboxylic acids is 2. The highest BCUT2D eigenvalue weighted by Crippen LogP contribution is 2.28. The SMILES string of the molecule is CC1=C(C/C=C(\C)CC/C=C(\C)CCCC(C)CCCC(C)C)C(=O)c2ccccc2C1=O. The van der Waals surface area contributed by atoms with Gasteiger partial charge in [0.1, 0.15) is 0 Å². The van der Waals surface area contributed by atoms with Crippen LogP contribution in [-0.2, 0) is 0 Å². The Morgan fingerprint density at radius 3 is 2.09 bits per heavy atom. The van der Waals surface area contributed by atoms with Gasteiger partial charge in [-0.25, -0.2) is 0 Å². The van der Waals surface area contributed by atoms with Crippen LogP contribution < -0.4 is 0 Å². The minimum atomic E-state index is -0.0148. The van der Waals surface area contributed by atoms with Gasteiger partial charge in [0.05, 0.1) is 0 Å². The summed E-state index contributed by atoms with van der Waals surface area (Å²) in [5.41, 5.74) is 5.08. The standard InChI is InChI=1S/C31H44O2/c1-22(2)12-9-13-23(3)14-10-15-24(4)16-11-17-25(5)20-21-27-26(6)30(32)28-18-7-8-19-29(28)31(27)33/h7-8,16,18-20,22-23H,9-15,17,21H2,1-6H3/b24-16+,25-20+. The third-order valence-corrected chi connectivity index (χ3v) is 6.92. The molecule has 2 rings (SSSR count). The number of allylic oxidation sites excluding steroid dienone is 6. The molecule has 0 saturated carbocycles. The molecule has 0 spiro atoms. The van der Waals surface area contributed by atoms with Crippen LogP contribution in [0, 0.1) is 11.8 Å². The summed E-state index contributed by atoms with van der Waals surface area (Å²) in [5, 5.41) is 0. The zero-order valence-corrected chi connectivity index (χ0v) is 21.8. The van der Waals surface area contributed by atoms with Crippen molar-refractivity contribution in [3.63, 3.8) is 0 Å². The van der Waals surface area contributed by atoms with Gasteiger partial charge in [-0.15, -0.1) is 0 Å². The van der Waals surface area contributed by atoms with Crippen molar-refractivity contribution in [1.82, 2.24) is 0 Å². The van der Waals surface area contributed by atoms with Crippen molar-refractivity contribution in [2.45, 2.75) is 99.3 Å². The largest absolute Gasteiger partial charge is 0.289 e.